The number of nitrogens with zero attached hydrogens (tertiary/aromatic N) is 4. The minimum absolute atomic E-state index is 0.724. The van der Waals surface area contributed by atoms with Crippen LogP contribution in [0.4, 0.5) is 5.82 Å². The summed E-state index contributed by atoms with van der Waals surface area (Å²) < 4.78 is 1.71. The molecule has 0 spiro atoms. The molecule has 0 amide bonds. The van der Waals surface area contributed by atoms with Crippen molar-refractivity contribution in [2.24, 2.45) is 0 Å². The van der Waals surface area contributed by atoms with Crippen molar-refractivity contribution < 1.29 is 0 Å². The van der Waals surface area contributed by atoms with Crippen LogP contribution in [0.3, 0.4) is 0 Å². The van der Waals surface area contributed by atoms with Gasteiger partial charge in [0.25, 0.3) is 0 Å². The first-order chi connectivity index (χ1) is 7.29. The molecule has 2 rings (SSSR count). The van der Waals surface area contributed by atoms with Crippen LogP contribution in [0.25, 0.3) is 5.82 Å². The molecule has 2 heterocycles. The molecule has 15 heavy (non-hydrogen) atoms. The second kappa shape index (κ2) is 4.08. The van der Waals surface area contributed by atoms with Crippen LogP contribution in [0.15, 0.2) is 24.8 Å². The lowest BCUT2D eigenvalue weighted by molar-refractivity contribution is 0.837. The molecule has 5 heteroatoms. The van der Waals surface area contributed by atoms with Crippen LogP contribution < -0.4 is 5.32 Å². The van der Waals surface area contributed by atoms with Gasteiger partial charge in [0.05, 0.1) is 18.6 Å². The largest absolute Gasteiger partial charge is 0.369 e. The van der Waals surface area contributed by atoms with Crippen LogP contribution in [0.1, 0.15) is 12.5 Å². The topological polar surface area (TPSA) is 55.6 Å². The van der Waals surface area contributed by atoms with Crippen LogP contribution in [0.2, 0.25) is 0 Å². The van der Waals surface area contributed by atoms with Crippen LogP contribution in [-0.4, -0.2) is 26.3 Å². The van der Waals surface area contributed by atoms with E-state index < -0.39 is 0 Å². The zero-order valence-electron chi connectivity index (χ0n) is 8.81. The third-order valence-electron chi connectivity index (χ3n) is 1.93. The molecular formula is C10H13N5. The number of rotatable bonds is 3. The van der Waals surface area contributed by atoms with Crippen molar-refractivity contribution >= 4 is 5.82 Å². The maximum absolute atomic E-state index is 4.37. The van der Waals surface area contributed by atoms with Crippen LogP contribution >= 0.6 is 0 Å². The highest BCUT2D eigenvalue weighted by Crippen LogP contribution is 2.06. The first-order valence-electron chi connectivity index (χ1n) is 4.87. The minimum atomic E-state index is 0.724. The Morgan fingerprint density at radius 1 is 1.33 bits per heavy atom. The molecule has 2 aromatic heterocycles. The van der Waals surface area contributed by atoms with Crippen molar-refractivity contribution in [1.29, 1.82) is 0 Å². The summed E-state index contributed by atoms with van der Waals surface area (Å²) in [6, 6.07) is 0. The molecule has 0 radical (unpaired) electrons. The summed E-state index contributed by atoms with van der Waals surface area (Å²) in [6.07, 6.45) is 7.10. The Balaban J connectivity index is 2.32. The van der Waals surface area contributed by atoms with Gasteiger partial charge in [-0.1, -0.05) is 0 Å². The fraction of sp³-hybridized carbons (Fsp3) is 0.300. The van der Waals surface area contributed by atoms with Crippen LogP contribution in [-0.2, 0) is 0 Å². The summed E-state index contributed by atoms with van der Waals surface area (Å²) >= 11 is 0. The van der Waals surface area contributed by atoms with Crippen LogP contribution in [0.5, 0.6) is 0 Å². The van der Waals surface area contributed by atoms with Gasteiger partial charge >= 0.3 is 0 Å². The second-order valence-electron chi connectivity index (χ2n) is 3.26. The normalized spacial score (nSPS) is 10.3. The van der Waals surface area contributed by atoms with Crippen molar-refractivity contribution in [2.45, 2.75) is 13.8 Å². The standard InChI is InChI=1S/C10H13N5/c1-3-12-9-5-11-6-10(14-9)15-7-8(2)4-13-15/h4-7H,3H2,1-2H3,(H,12,14). The van der Waals surface area contributed by atoms with E-state index in [4.69, 9.17) is 0 Å². The Morgan fingerprint density at radius 3 is 2.87 bits per heavy atom. The Morgan fingerprint density at radius 2 is 2.20 bits per heavy atom. The third kappa shape index (κ3) is 2.12. The molecule has 0 aliphatic carbocycles. The molecular weight excluding hydrogens is 190 g/mol. The molecule has 0 unspecified atom stereocenters. The summed E-state index contributed by atoms with van der Waals surface area (Å²) in [7, 11) is 0. The maximum atomic E-state index is 4.37. The van der Waals surface area contributed by atoms with E-state index in [1.165, 1.54) is 0 Å². The first kappa shape index (κ1) is 9.64. The molecule has 2 aromatic rings. The second-order valence-corrected chi connectivity index (χ2v) is 3.26. The van der Waals surface area contributed by atoms with Gasteiger partial charge in [0.15, 0.2) is 5.82 Å². The molecule has 0 saturated heterocycles. The molecule has 0 aromatic carbocycles. The molecule has 5 nitrogen and oxygen atoms in total. The quantitative estimate of drug-likeness (QED) is 0.819. The molecule has 0 fully saturated rings. The van der Waals surface area contributed by atoms with Gasteiger partial charge in [-0.15, -0.1) is 0 Å². The zero-order valence-corrected chi connectivity index (χ0v) is 8.81. The molecule has 0 saturated carbocycles. The highest BCUT2D eigenvalue weighted by atomic mass is 15.3. The summed E-state index contributed by atoms with van der Waals surface area (Å²) in [5.74, 6) is 1.49. The predicted molar refractivity (Wildman–Crippen MR) is 58.1 cm³/mol. The van der Waals surface area contributed by atoms with E-state index in [1.54, 1.807) is 23.3 Å². The number of aromatic nitrogens is 4. The molecule has 1 N–H and O–H groups in total. The zero-order chi connectivity index (χ0) is 10.7. The maximum Gasteiger partial charge on any atom is 0.173 e. The lowest BCUT2D eigenvalue weighted by Gasteiger charge is -2.03. The number of aryl methyl sites for hydroxylation is 1. The van der Waals surface area contributed by atoms with Gasteiger partial charge in [0.1, 0.15) is 5.82 Å². The lowest BCUT2D eigenvalue weighted by Crippen LogP contribution is -2.04. The van der Waals surface area contributed by atoms with E-state index in [0.717, 1.165) is 23.7 Å². The van der Waals surface area contributed by atoms with Crippen molar-refractivity contribution in [3.63, 3.8) is 0 Å². The number of anilines is 1. The van der Waals surface area contributed by atoms with Gasteiger partial charge in [0, 0.05) is 12.7 Å². The Kier molecular flexibility index (Phi) is 2.62. The van der Waals surface area contributed by atoms with E-state index in [9.17, 15) is 0 Å². The van der Waals surface area contributed by atoms with E-state index in [0.29, 0.717) is 0 Å². The molecule has 0 bridgehead atoms. The highest BCUT2D eigenvalue weighted by molar-refractivity contribution is 5.35. The third-order valence-corrected chi connectivity index (χ3v) is 1.93. The number of hydrogen-bond donors (Lipinski definition) is 1. The van der Waals surface area contributed by atoms with Crippen molar-refractivity contribution in [3.05, 3.63) is 30.4 Å². The minimum Gasteiger partial charge on any atom is -0.369 e. The van der Waals surface area contributed by atoms with Gasteiger partial charge in [-0.2, -0.15) is 5.10 Å². The summed E-state index contributed by atoms with van der Waals surface area (Å²) in [6.45, 7) is 4.84. The summed E-state index contributed by atoms with van der Waals surface area (Å²) in [4.78, 5) is 8.48. The van der Waals surface area contributed by atoms with E-state index >= 15 is 0 Å². The van der Waals surface area contributed by atoms with Crippen LogP contribution in [0, 0.1) is 6.92 Å². The fourth-order valence-electron chi connectivity index (χ4n) is 1.27. The van der Waals surface area contributed by atoms with E-state index in [2.05, 4.69) is 20.4 Å². The average Bonchev–Trinajstić information content (AvgIpc) is 2.66. The van der Waals surface area contributed by atoms with Gasteiger partial charge in [-0.3, -0.25) is 4.98 Å². The summed E-state index contributed by atoms with van der Waals surface area (Å²) in [5.41, 5.74) is 1.10. The van der Waals surface area contributed by atoms with Gasteiger partial charge in [0.2, 0.25) is 0 Å². The SMILES string of the molecule is CCNc1cncc(-n2cc(C)cn2)n1. The van der Waals surface area contributed by atoms with E-state index in [-0.39, 0.29) is 0 Å². The predicted octanol–water partition coefficient (Wildman–Crippen LogP) is 1.40. The summed E-state index contributed by atoms with van der Waals surface area (Å²) in [5, 5.41) is 7.28. The first-order valence-corrected chi connectivity index (χ1v) is 4.87. The van der Waals surface area contributed by atoms with Crippen molar-refractivity contribution in [3.8, 4) is 5.82 Å². The monoisotopic (exact) mass is 203 g/mol. The van der Waals surface area contributed by atoms with Crippen molar-refractivity contribution in [2.75, 3.05) is 11.9 Å². The molecule has 0 atom stereocenters. The lowest BCUT2D eigenvalue weighted by atomic mass is 10.4. The van der Waals surface area contributed by atoms with E-state index in [1.807, 2.05) is 20.0 Å². The van der Waals surface area contributed by atoms with Gasteiger partial charge < -0.3 is 5.32 Å². The smallest absolute Gasteiger partial charge is 0.173 e. The fourth-order valence-corrected chi connectivity index (χ4v) is 1.27. The average molecular weight is 203 g/mol. The Hall–Kier alpha value is -1.91. The Bertz CT molecular complexity index is 449. The Labute approximate surface area is 88.2 Å². The number of nitrogens with one attached hydrogen (secondary N) is 1. The number of hydrogen-bond acceptors (Lipinski definition) is 4. The van der Waals surface area contributed by atoms with Crippen molar-refractivity contribution in [1.82, 2.24) is 19.7 Å². The molecule has 78 valence electrons. The molecule has 0 aliphatic heterocycles. The van der Waals surface area contributed by atoms with Gasteiger partial charge in [-0.25, -0.2) is 9.67 Å². The van der Waals surface area contributed by atoms with Gasteiger partial charge in [-0.05, 0) is 19.4 Å². The molecule has 0 aliphatic rings. The highest BCUT2D eigenvalue weighted by Gasteiger charge is 2.01.